The molecular weight excluding hydrogens is 258 g/mol. The summed E-state index contributed by atoms with van der Waals surface area (Å²) in [5, 5.41) is 17.5. The van der Waals surface area contributed by atoms with E-state index in [2.05, 4.69) is 20.2 Å². The molecule has 2 heterocycles. The summed E-state index contributed by atoms with van der Waals surface area (Å²) in [7, 11) is 0. The van der Waals surface area contributed by atoms with Crippen molar-refractivity contribution in [2.75, 3.05) is 0 Å². The summed E-state index contributed by atoms with van der Waals surface area (Å²) < 4.78 is 0. The van der Waals surface area contributed by atoms with Gasteiger partial charge in [-0.05, 0) is 24.3 Å². The van der Waals surface area contributed by atoms with E-state index in [0.717, 1.165) is 0 Å². The summed E-state index contributed by atoms with van der Waals surface area (Å²) in [6.45, 7) is 0. The number of hydrogen-bond donors (Lipinski definition) is 1. The predicted octanol–water partition coefficient (Wildman–Crippen LogP) is 2.44. The largest absolute Gasteiger partial charge is 0.269 e. The summed E-state index contributed by atoms with van der Waals surface area (Å²) in [4.78, 5) is 18.7. The van der Waals surface area contributed by atoms with Crippen LogP contribution < -0.4 is 0 Å². The molecule has 98 valence electrons. The molecule has 0 aliphatic rings. The number of hydrogen-bond acceptors (Lipinski definition) is 5. The number of aromatic nitrogens is 4. The molecule has 1 N–H and O–H groups in total. The Hall–Kier alpha value is -3.09. The van der Waals surface area contributed by atoms with E-state index < -0.39 is 4.92 Å². The number of non-ortho nitro benzene ring substituents is 1. The van der Waals surface area contributed by atoms with Crippen molar-refractivity contribution in [1.82, 2.24) is 20.2 Å². The van der Waals surface area contributed by atoms with E-state index in [9.17, 15) is 10.1 Å². The zero-order valence-electron chi connectivity index (χ0n) is 10.2. The molecule has 7 heteroatoms. The van der Waals surface area contributed by atoms with Crippen LogP contribution in [0.4, 0.5) is 5.69 Å². The molecule has 0 saturated heterocycles. The van der Waals surface area contributed by atoms with Gasteiger partial charge in [0.2, 0.25) is 0 Å². The van der Waals surface area contributed by atoms with Crippen LogP contribution in [0.15, 0.2) is 48.7 Å². The Morgan fingerprint density at radius 2 is 1.90 bits per heavy atom. The van der Waals surface area contributed by atoms with Crippen molar-refractivity contribution in [2.24, 2.45) is 0 Å². The van der Waals surface area contributed by atoms with Crippen LogP contribution in [-0.2, 0) is 0 Å². The summed E-state index contributed by atoms with van der Waals surface area (Å²) in [6.07, 6.45) is 1.67. The third kappa shape index (κ3) is 2.24. The van der Waals surface area contributed by atoms with E-state index >= 15 is 0 Å². The van der Waals surface area contributed by atoms with Crippen molar-refractivity contribution < 1.29 is 4.92 Å². The van der Waals surface area contributed by atoms with Gasteiger partial charge in [0.05, 0.1) is 4.92 Å². The number of rotatable bonds is 3. The molecule has 3 rings (SSSR count). The quantitative estimate of drug-likeness (QED) is 0.580. The Morgan fingerprint density at radius 3 is 2.55 bits per heavy atom. The first-order valence-electron chi connectivity index (χ1n) is 5.83. The Labute approximate surface area is 113 Å². The zero-order valence-corrected chi connectivity index (χ0v) is 10.2. The van der Waals surface area contributed by atoms with E-state index in [4.69, 9.17) is 0 Å². The number of nitro groups is 1. The van der Waals surface area contributed by atoms with E-state index in [1.54, 1.807) is 18.3 Å². The summed E-state index contributed by atoms with van der Waals surface area (Å²) in [5.41, 5.74) is 1.43. The van der Waals surface area contributed by atoms with Gasteiger partial charge in [0.1, 0.15) is 5.69 Å². The molecule has 0 atom stereocenters. The molecule has 20 heavy (non-hydrogen) atoms. The highest BCUT2D eigenvalue weighted by molar-refractivity contribution is 5.60. The lowest BCUT2D eigenvalue weighted by Crippen LogP contribution is -1.88. The topological polar surface area (TPSA) is 97.6 Å². The van der Waals surface area contributed by atoms with Gasteiger partial charge in [0.15, 0.2) is 11.6 Å². The van der Waals surface area contributed by atoms with Gasteiger partial charge < -0.3 is 0 Å². The Morgan fingerprint density at radius 1 is 1.10 bits per heavy atom. The van der Waals surface area contributed by atoms with Crippen molar-refractivity contribution in [3.8, 4) is 22.9 Å². The molecule has 0 aliphatic carbocycles. The lowest BCUT2D eigenvalue weighted by atomic mass is 10.2. The maximum Gasteiger partial charge on any atom is 0.269 e. The standard InChI is InChI=1S/C13H9N5O2/c19-18(20)10-6-4-9(5-7-10)12-15-13(17-16-12)11-3-1-2-8-14-11/h1-8H,(H,15,16,17). The minimum absolute atomic E-state index is 0.0363. The monoisotopic (exact) mass is 267 g/mol. The molecule has 0 bridgehead atoms. The first-order valence-corrected chi connectivity index (χ1v) is 5.83. The molecule has 0 unspecified atom stereocenters. The van der Waals surface area contributed by atoms with Gasteiger partial charge in [-0.15, -0.1) is 0 Å². The van der Waals surface area contributed by atoms with Gasteiger partial charge in [0.25, 0.3) is 5.69 Å². The van der Waals surface area contributed by atoms with Crippen LogP contribution in [0.25, 0.3) is 22.9 Å². The van der Waals surface area contributed by atoms with Gasteiger partial charge in [-0.3, -0.25) is 20.2 Å². The lowest BCUT2D eigenvalue weighted by Gasteiger charge is -1.94. The molecule has 0 saturated carbocycles. The smallest absolute Gasteiger partial charge is 0.258 e. The number of nitro benzene ring substituents is 1. The zero-order chi connectivity index (χ0) is 13.9. The van der Waals surface area contributed by atoms with Crippen molar-refractivity contribution in [3.63, 3.8) is 0 Å². The minimum Gasteiger partial charge on any atom is -0.258 e. The number of nitrogens with zero attached hydrogens (tertiary/aromatic N) is 4. The van der Waals surface area contributed by atoms with Gasteiger partial charge in [-0.2, -0.15) is 5.10 Å². The highest BCUT2D eigenvalue weighted by Gasteiger charge is 2.10. The molecule has 0 amide bonds. The van der Waals surface area contributed by atoms with E-state index in [1.165, 1.54) is 12.1 Å². The number of aromatic amines is 1. The average Bonchev–Trinajstić information content (AvgIpc) is 2.98. The molecule has 0 aliphatic heterocycles. The fourth-order valence-corrected chi connectivity index (χ4v) is 1.74. The fraction of sp³-hybridized carbons (Fsp3) is 0. The van der Waals surface area contributed by atoms with Gasteiger partial charge in [-0.25, -0.2) is 4.98 Å². The third-order valence-corrected chi connectivity index (χ3v) is 2.73. The molecule has 1 aromatic carbocycles. The maximum absolute atomic E-state index is 10.6. The fourth-order valence-electron chi connectivity index (χ4n) is 1.74. The lowest BCUT2D eigenvalue weighted by molar-refractivity contribution is -0.384. The summed E-state index contributed by atoms with van der Waals surface area (Å²) in [6, 6.07) is 11.6. The average molecular weight is 267 g/mol. The van der Waals surface area contributed by atoms with Crippen LogP contribution in [-0.4, -0.2) is 25.1 Å². The number of benzene rings is 1. The van der Waals surface area contributed by atoms with Crippen LogP contribution in [0, 0.1) is 10.1 Å². The Balaban J connectivity index is 1.92. The van der Waals surface area contributed by atoms with Crippen LogP contribution in [0.5, 0.6) is 0 Å². The molecule has 0 radical (unpaired) electrons. The van der Waals surface area contributed by atoms with Crippen LogP contribution in [0.3, 0.4) is 0 Å². The molecular formula is C13H9N5O2. The Bertz CT molecular complexity index is 737. The molecule has 2 aromatic heterocycles. The Kier molecular flexibility index (Phi) is 2.92. The van der Waals surface area contributed by atoms with Gasteiger partial charge in [-0.1, -0.05) is 6.07 Å². The number of nitrogens with one attached hydrogen (secondary N) is 1. The first-order chi connectivity index (χ1) is 9.74. The highest BCUT2D eigenvalue weighted by atomic mass is 16.6. The number of pyridine rings is 1. The van der Waals surface area contributed by atoms with Crippen LogP contribution >= 0.6 is 0 Å². The third-order valence-electron chi connectivity index (χ3n) is 2.73. The second-order valence-electron chi connectivity index (χ2n) is 4.03. The predicted molar refractivity (Wildman–Crippen MR) is 71.7 cm³/mol. The van der Waals surface area contributed by atoms with Crippen molar-refractivity contribution in [3.05, 3.63) is 58.8 Å². The van der Waals surface area contributed by atoms with Crippen molar-refractivity contribution >= 4 is 5.69 Å². The summed E-state index contributed by atoms with van der Waals surface area (Å²) in [5.74, 6) is 1.03. The van der Waals surface area contributed by atoms with Gasteiger partial charge >= 0.3 is 0 Å². The second-order valence-corrected chi connectivity index (χ2v) is 4.03. The number of H-pyrrole nitrogens is 1. The van der Waals surface area contributed by atoms with E-state index in [-0.39, 0.29) is 5.69 Å². The van der Waals surface area contributed by atoms with Crippen molar-refractivity contribution in [1.29, 1.82) is 0 Å². The second kappa shape index (κ2) is 4.88. The summed E-state index contributed by atoms with van der Waals surface area (Å²) >= 11 is 0. The van der Waals surface area contributed by atoms with Crippen molar-refractivity contribution in [2.45, 2.75) is 0 Å². The van der Waals surface area contributed by atoms with E-state index in [1.807, 2.05) is 18.2 Å². The maximum atomic E-state index is 10.6. The molecule has 0 fully saturated rings. The normalized spacial score (nSPS) is 10.4. The first kappa shape index (κ1) is 12.0. The van der Waals surface area contributed by atoms with Crippen LogP contribution in [0.1, 0.15) is 0 Å². The van der Waals surface area contributed by atoms with Gasteiger partial charge in [0, 0.05) is 23.9 Å². The van der Waals surface area contributed by atoms with E-state index in [0.29, 0.717) is 22.9 Å². The van der Waals surface area contributed by atoms with Crippen LogP contribution in [0.2, 0.25) is 0 Å². The SMILES string of the molecule is O=[N+]([O-])c1ccc(-c2n[nH]c(-c3ccccn3)n2)cc1. The minimum atomic E-state index is -0.443. The molecule has 0 spiro atoms. The highest BCUT2D eigenvalue weighted by Crippen LogP contribution is 2.21. The molecule has 3 aromatic rings. The molecule has 7 nitrogen and oxygen atoms in total.